The molecule has 1 aromatic carbocycles. The summed E-state index contributed by atoms with van der Waals surface area (Å²) in [7, 11) is 0. The number of nitrogens with one attached hydrogen (secondary N) is 1. The molecule has 0 saturated heterocycles. The number of halogens is 3. The summed E-state index contributed by atoms with van der Waals surface area (Å²) in [5.74, 6) is 0.881. The van der Waals surface area contributed by atoms with Crippen LogP contribution < -0.4 is 20.5 Å². The number of rotatable bonds is 2. The maximum absolute atomic E-state index is 12.7. The third-order valence-corrected chi connectivity index (χ3v) is 2.82. The zero-order valence-electron chi connectivity index (χ0n) is 10.6. The Kier molecular flexibility index (Phi) is 3.00. The van der Waals surface area contributed by atoms with Crippen LogP contribution in [-0.2, 0) is 6.18 Å². The Balaban J connectivity index is 1.89. The quantitative estimate of drug-likeness (QED) is 0.891. The average molecular weight is 297 g/mol. The fourth-order valence-electron chi connectivity index (χ4n) is 1.90. The Hall–Kier alpha value is -2.64. The van der Waals surface area contributed by atoms with Crippen LogP contribution in [0.5, 0.6) is 11.5 Å². The molecular weight excluding hydrogens is 287 g/mol. The second kappa shape index (κ2) is 4.72. The SMILES string of the molecule is Nc1cc(C(F)(F)F)cc(Nc2ccc3c(c2)OCO3)n1. The highest BCUT2D eigenvalue weighted by atomic mass is 19.4. The number of nitrogens with two attached hydrogens (primary N) is 1. The molecule has 0 atom stereocenters. The van der Waals surface area contributed by atoms with Crippen LogP contribution in [0.1, 0.15) is 5.56 Å². The van der Waals surface area contributed by atoms with Gasteiger partial charge in [0.15, 0.2) is 11.5 Å². The summed E-state index contributed by atoms with van der Waals surface area (Å²) in [6.45, 7) is 0.119. The van der Waals surface area contributed by atoms with Gasteiger partial charge >= 0.3 is 6.18 Å². The zero-order valence-corrected chi connectivity index (χ0v) is 10.6. The number of anilines is 3. The molecule has 110 valence electrons. The number of nitrogens with zero attached hydrogens (tertiary/aromatic N) is 1. The van der Waals surface area contributed by atoms with Gasteiger partial charge in [0, 0.05) is 11.8 Å². The Labute approximate surface area is 117 Å². The Bertz CT molecular complexity index is 689. The first-order valence-corrected chi connectivity index (χ1v) is 5.93. The lowest BCUT2D eigenvalue weighted by Crippen LogP contribution is -2.08. The topological polar surface area (TPSA) is 69.4 Å². The predicted octanol–water partition coefficient (Wildman–Crippen LogP) is 3.15. The smallest absolute Gasteiger partial charge is 0.416 e. The molecule has 3 N–H and O–H groups in total. The van der Waals surface area contributed by atoms with Crippen molar-refractivity contribution in [2.24, 2.45) is 0 Å². The molecule has 0 radical (unpaired) electrons. The summed E-state index contributed by atoms with van der Waals surface area (Å²) in [6.07, 6.45) is -4.48. The first kappa shape index (κ1) is 13.3. The number of aromatic nitrogens is 1. The highest BCUT2D eigenvalue weighted by Gasteiger charge is 2.31. The van der Waals surface area contributed by atoms with E-state index in [0.717, 1.165) is 12.1 Å². The number of fused-ring (bicyclic) bond motifs is 1. The standard InChI is InChI=1S/C13H10F3N3O2/c14-13(15,16)7-3-11(17)19-12(4-7)18-8-1-2-9-10(5-8)21-6-20-9/h1-5H,6H2,(H3,17,18,19). The molecule has 0 saturated carbocycles. The van der Waals surface area contributed by atoms with E-state index in [9.17, 15) is 13.2 Å². The van der Waals surface area contributed by atoms with Gasteiger partial charge in [0.25, 0.3) is 0 Å². The minimum Gasteiger partial charge on any atom is -0.454 e. The van der Waals surface area contributed by atoms with Crippen molar-refractivity contribution in [1.29, 1.82) is 0 Å². The number of nitrogen functional groups attached to an aromatic ring is 1. The summed E-state index contributed by atoms with van der Waals surface area (Å²) in [5, 5.41) is 2.76. The predicted molar refractivity (Wildman–Crippen MR) is 69.5 cm³/mol. The van der Waals surface area contributed by atoms with E-state index in [1.807, 2.05) is 0 Å². The number of hydrogen-bond donors (Lipinski definition) is 2. The van der Waals surface area contributed by atoms with Gasteiger partial charge in [-0.05, 0) is 24.3 Å². The third-order valence-electron chi connectivity index (χ3n) is 2.82. The maximum atomic E-state index is 12.7. The van der Waals surface area contributed by atoms with Crippen LogP contribution in [0.25, 0.3) is 0 Å². The maximum Gasteiger partial charge on any atom is 0.416 e. The van der Waals surface area contributed by atoms with E-state index in [0.29, 0.717) is 17.2 Å². The number of pyridine rings is 1. The van der Waals surface area contributed by atoms with Crippen LogP contribution in [-0.4, -0.2) is 11.8 Å². The first-order valence-electron chi connectivity index (χ1n) is 5.93. The number of alkyl halides is 3. The molecule has 21 heavy (non-hydrogen) atoms. The summed E-state index contributed by atoms with van der Waals surface area (Å²) in [6, 6.07) is 6.58. The molecule has 1 aliphatic heterocycles. The van der Waals surface area contributed by atoms with Crippen molar-refractivity contribution in [3.63, 3.8) is 0 Å². The fourth-order valence-corrected chi connectivity index (χ4v) is 1.90. The summed E-state index contributed by atoms with van der Waals surface area (Å²) >= 11 is 0. The van der Waals surface area contributed by atoms with Gasteiger partial charge < -0.3 is 20.5 Å². The summed E-state index contributed by atoms with van der Waals surface area (Å²) in [5.41, 5.74) is 5.06. The monoisotopic (exact) mass is 297 g/mol. The molecule has 5 nitrogen and oxygen atoms in total. The molecule has 0 fully saturated rings. The lowest BCUT2D eigenvalue weighted by Gasteiger charge is -2.11. The minimum atomic E-state index is -4.48. The van der Waals surface area contributed by atoms with Gasteiger partial charge in [-0.3, -0.25) is 0 Å². The van der Waals surface area contributed by atoms with Crippen molar-refractivity contribution in [3.8, 4) is 11.5 Å². The van der Waals surface area contributed by atoms with E-state index in [1.165, 1.54) is 0 Å². The Morgan fingerprint density at radius 2 is 1.86 bits per heavy atom. The van der Waals surface area contributed by atoms with Crippen molar-refractivity contribution < 1.29 is 22.6 Å². The van der Waals surface area contributed by atoms with Gasteiger partial charge in [-0.25, -0.2) is 4.98 Å². The lowest BCUT2D eigenvalue weighted by molar-refractivity contribution is -0.137. The van der Waals surface area contributed by atoms with Crippen LogP contribution in [0.4, 0.5) is 30.5 Å². The van der Waals surface area contributed by atoms with E-state index in [1.54, 1.807) is 18.2 Å². The Morgan fingerprint density at radius 3 is 2.62 bits per heavy atom. The minimum absolute atomic E-state index is 0.00110. The van der Waals surface area contributed by atoms with Crippen molar-refractivity contribution in [1.82, 2.24) is 4.98 Å². The van der Waals surface area contributed by atoms with Crippen LogP contribution in [0, 0.1) is 0 Å². The highest BCUT2D eigenvalue weighted by molar-refractivity contribution is 5.63. The van der Waals surface area contributed by atoms with Gasteiger partial charge in [-0.15, -0.1) is 0 Å². The van der Waals surface area contributed by atoms with Gasteiger partial charge in [0.1, 0.15) is 11.6 Å². The van der Waals surface area contributed by atoms with Gasteiger partial charge in [0.2, 0.25) is 6.79 Å². The number of ether oxygens (including phenoxy) is 2. The Morgan fingerprint density at radius 1 is 1.10 bits per heavy atom. The molecule has 1 aromatic heterocycles. The van der Waals surface area contributed by atoms with Crippen LogP contribution in [0.3, 0.4) is 0 Å². The van der Waals surface area contributed by atoms with Gasteiger partial charge in [0.05, 0.1) is 5.56 Å². The molecule has 0 bridgehead atoms. The third kappa shape index (κ3) is 2.78. The van der Waals surface area contributed by atoms with E-state index >= 15 is 0 Å². The first-order chi connectivity index (χ1) is 9.91. The van der Waals surface area contributed by atoms with Crippen molar-refractivity contribution in [2.75, 3.05) is 17.8 Å². The van der Waals surface area contributed by atoms with E-state index < -0.39 is 11.7 Å². The fraction of sp³-hybridized carbons (Fsp3) is 0.154. The van der Waals surface area contributed by atoms with E-state index in [-0.39, 0.29) is 18.4 Å². The summed E-state index contributed by atoms with van der Waals surface area (Å²) < 4.78 is 48.5. The number of hydrogen-bond acceptors (Lipinski definition) is 5. The molecule has 0 aliphatic carbocycles. The highest BCUT2D eigenvalue weighted by Crippen LogP contribution is 2.36. The molecule has 2 heterocycles. The van der Waals surface area contributed by atoms with Crippen LogP contribution >= 0.6 is 0 Å². The lowest BCUT2D eigenvalue weighted by atomic mass is 10.2. The normalized spacial score (nSPS) is 13.3. The second-order valence-electron chi connectivity index (χ2n) is 4.36. The molecule has 8 heteroatoms. The van der Waals surface area contributed by atoms with Gasteiger partial charge in [-0.1, -0.05) is 0 Å². The van der Waals surface area contributed by atoms with Crippen molar-refractivity contribution in [3.05, 3.63) is 35.9 Å². The van der Waals surface area contributed by atoms with Crippen LogP contribution in [0.2, 0.25) is 0 Å². The molecule has 1 aliphatic rings. The average Bonchev–Trinajstić information content (AvgIpc) is 2.84. The molecular formula is C13H10F3N3O2. The van der Waals surface area contributed by atoms with Crippen molar-refractivity contribution in [2.45, 2.75) is 6.18 Å². The van der Waals surface area contributed by atoms with Crippen LogP contribution in [0.15, 0.2) is 30.3 Å². The van der Waals surface area contributed by atoms with E-state index in [2.05, 4.69) is 10.3 Å². The molecule has 2 aromatic rings. The molecule has 3 rings (SSSR count). The molecule has 0 spiro atoms. The van der Waals surface area contributed by atoms with E-state index in [4.69, 9.17) is 15.2 Å². The zero-order chi connectivity index (χ0) is 15.0. The second-order valence-corrected chi connectivity index (χ2v) is 4.36. The molecule has 0 unspecified atom stereocenters. The van der Waals surface area contributed by atoms with Gasteiger partial charge in [-0.2, -0.15) is 13.2 Å². The summed E-state index contributed by atoms with van der Waals surface area (Å²) in [4.78, 5) is 3.83. The van der Waals surface area contributed by atoms with Crippen molar-refractivity contribution >= 4 is 17.3 Å². The molecule has 0 amide bonds. The number of benzene rings is 1. The largest absolute Gasteiger partial charge is 0.454 e.